The number of carbonyl (C=O) groups is 2. The molecule has 0 unspecified atom stereocenters. The number of nitrogens with zero attached hydrogens (tertiary/aromatic N) is 2. The topological polar surface area (TPSA) is 83.6 Å². The second-order valence-corrected chi connectivity index (χ2v) is 5.31. The quantitative estimate of drug-likeness (QED) is 0.886. The van der Waals surface area contributed by atoms with Crippen molar-refractivity contribution in [1.29, 1.82) is 0 Å². The molecule has 0 atom stereocenters. The van der Waals surface area contributed by atoms with E-state index in [-0.39, 0.29) is 18.2 Å². The summed E-state index contributed by atoms with van der Waals surface area (Å²) in [6.45, 7) is 3.66. The minimum absolute atomic E-state index is 0.107. The van der Waals surface area contributed by atoms with E-state index in [1.165, 1.54) is 4.90 Å². The molecule has 1 aromatic carbocycles. The molecule has 0 aliphatic carbocycles. The molecule has 0 bridgehead atoms. The van der Waals surface area contributed by atoms with E-state index in [1.807, 2.05) is 44.2 Å². The Morgan fingerprint density at radius 3 is 2.50 bits per heavy atom. The van der Waals surface area contributed by atoms with Gasteiger partial charge in [0.15, 0.2) is 5.69 Å². The highest BCUT2D eigenvalue weighted by molar-refractivity contribution is 5.94. The van der Waals surface area contributed by atoms with Crippen LogP contribution < -0.4 is 0 Å². The lowest BCUT2D eigenvalue weighted by Crippen LogP contribution is -2.35. The minimum Gasteiger partial charge on any atom is -0.480 e. The average molecular weight is 302 g/mol. The monoisotopic (exact) mass is 302 g/mol. The summed E-state index contributed by atoms with van der Waals surface area (Å²) in [6, 6.07) is 10.8. The van der Waals surface area contributed by atoms with Gasteiger partial charge in [-0.1, -0.05) is 49.3 Å². The van der Waals surface area contributed by atoms with Crippen LogP contribution in [0, 0.1) is 0 Å². The average Bonchev–Trinajstić information content (AvgIpc) is 2.96. The normalized spacial score (nSPS) is 10.7. The third-order valence-electron chi connectivity index (χ3n) is 3.15. The van der Waals surface area contributed by atoms with Crippen molar-refractivity contribution in [3.05, 3.63) is 53.4 Å². The smallest absolute Gasteiger partial charge is 0.323 e. The highest BCUT2D eigenvalue weighted by Gasteiger charge is 2.23. The minimum atomic E-state index is -1.07. The summed E-state index contributed by atoms with van der Waals surface area (Å²) >= 11 is 0. The molecule has 116 valence electrons. The van der Waals surface area contributed by atoms with Crippen LogP contribution in [0.1, 0.15) is 41.6 Å². The van der Waals surface area contributed by atoms with Crippen LogP contribution in [0.25, 0.3) is 0 Å². The van der Waals surface area contributed by atoms with Crippen LogP contribution in [0.5, 0.6) is 0 Å². The van der Waals surface area contributed by atoms with Crippen molar-refractivity contribution < 1.29 is 19.2 Å². The maximum Gasteiger partial charge on any atom is 0.323 e. The number of aromatic nitrogens is 1. The van der Waals surface area contributed by atoms with Crippen LogP contribution in [0.3, 0.4) is 0 Å². The number of benzene rings is 1. The van der Waals surface area contributed by atoms with Crippen molar-refractivity contribution in [3.63, 3.8) is 0 Å². The fraction of sp³-hybridized carbons (Fsp3) is 0.312. The van der Waals surface area contributed by atoms with Crippen LogP contribution in [0.4, 0.5) is 0 Å². The lowest BCUT2D eigenvalue weighted by atomic mass is 10.1. The molecule has 0 radical (unpaired) electrons. The van der Waals surface area contributed by atoms with Gasteiger partial charge in [0.2, 0.25) is 0 Å². The van der Waals surface area contributed by atoms with Gasteiger partial charge in [-0.15, -0.1) is 0 Å². The summed E-state index contributed by atoms with van der Waals surface area (Å²) in [7, 11) is 0. The van der Waals surface area contributed by atoms with E-state index >= 15 is 0 Å². The molecule has 0 saturated heterocycles. The number of carboxylic acids is 1. The Labute approximate surface area is 128 Å². The summed E-state index contributed by atoms with van der Waals surface area (Å²) in [5.74, 6) is -0.826. The summed E-state index contributed by atoms with van der Waals surface area (Å²) in [6.07, 6.45) is 0. The first-order chi connectivity index (χ1) is 10.5. The lowest BCUT2D eigenvalue weighted by molar-refractivity contribution is -0.137. The molecule has 0 aliphatic heterocycles. The fourth-order valence-corrected chi connectivity index (χ4v) is 1.99. The number of amides is 1. The zero-order valence-corrected chi connectivity index (χ0v) is 12.5. The first-order valence-corrected chi connectivity index (χ1v) is 6.99. The molecule has 22 heavy (non-hydrogen) atoms. The first-order valence-electron chi connectivity index (χ1n) is 6.99. The summed E-state index contributed by atoms with van der Waals surface area (Å²) in [4.78, 5) is 24.7. The van der Waals surface area contributed by atoms with Gasteiger partial charge in [-0.25, -0.2) is 0 Å². The van der Waals surface area contributed by atoms with Gasteiger partial charge < -0.3 is 14.5 Å². The van der Waals surface area contributed by atoms with E-state index in [0.29, 0.717) is 5.76 Å². The molecule has 0 saturated carbocycles. The molecule has 1 heterocycles. The molecule has 0 fully saturated rings. The highest BCUT2D eigenvalue weighted by Crippen LogP contribution is 2.17. The van der Waals surface area contributed by atoms with Crippen molar-refractivity contribution in [2.45, 2.75) is 26.3 Å². The molecule has 0 spiro atoms. The highest BCUT2D eigenvalue weighted by atomic mass is 16.5. The van der Waals surface area contributed by atoms with Crippen LogP contribution in [-0.2, 0) is 11.3 Å². The molecular weight excluding hydrogens is 284 g/mol. The van der Waals surface area contributed by atoms with E-state index in [4.69, 9.17) is 9.63 Å². The van der Waals surface area contributed by atoms with Crippen LogP contribution >= 0.6 is 0 Å². The van der Waals surface area contributed by atoms with Gasteiger partial charge >= 0.3 is 5.97 Å². The molecule has 1 aromatic heterocycles. The Balaban J connectivity index is 2.20. The molecule has 6 nitrogen and oxygen atoms in total. The largest absolute Gasteiger partial charge is 0.480 e. The van der Waals surface area contributed by atoms with Crippen molar-refractivity contribution in [3.8, 4) is 0 Å². The third-order valence-corrected chi connectivity index (χ3v) is 3.15. The number of aliphatic carboxylic acids is 1. The third kappa shape index (κ3) is 3.94. The lowest BCUT2D eigenvalue weighted by Gasteiger charge is -2.19. The van der Waals surface area contributed by atoms with Gasteiger partial charge in [0, 0.05) is 18.5 Å². The second-order valence-electron chi connectivity index (χ2n) is 5.31. The SMILES string of the molecule is CC(C)c1cc(C(=O)N(CC(=O)O)Cc2ccccc2)no1. The fourth-order valence-electron chi connectivity index (χ4n) is 1.99. The number of rotatable bonds is 6. The van der Waals surface area contributed by atoms with Gasteiger partial charge in [0.1, 0.15) is 12.3 Å². The first kappa shape index (κ1) is 15.8. The van der Waals surface area contributed by atoms with E-state index < -0.39 is 18.4 Å². The predicted octanol–water partition coefficient (Wildman–Crippen LogP) is 2.53. The summed E-state index contributed by atoms with van der Waals surface area (Å²) in [5.41, 5.74) is 0.977. The number of carboxylic acid groups (broad SMARTS) is 1. The Kier molecular flexibility index (Phi) is 4.93. The van der Waals surface area contributed by atoms with Gasteiger partial charge in [0.05, 0.1) is 0 Å². The van der Waals surface area contributed by atoms with Crippen molar-refractivity contribution in [2.75, 3.05) is 6.54 Å². The molecular formula is C16H18N2O4. The van der Waals surface area contributed by atoms with Gasteiger partial charge in [-0.3, -0.25) is 9.59 Å². The Morgan fingerprint density at radius 1 is 1.27 bits per heavy atom. The molecule has 2 aromatic rings. The standard InChI is InChI=1S/C16H18N2O4/c1-11(2)14-8-13(17-22-14)16(21)18(10-15(19)20)9-12-6-4-3-5-7-12/h3-8,11H,9-10H2,1-2H3,(H,19,20). The molecule has 0 aliphatic rings. The molecule has 1 N–H and O–H groups in total. The van der Waals surface area contributed by atoms with Crippen LogP contribution in [-0.4, -0.2) is 33.6 Å². The van der Waals surface area contributed by atoms with E-state index in [0.717, 1.165) is 5.56 Å². The zero-order chi connectivity index (χ0) is 16.1. The number of carbonyl (C=O) groups excluding carboxylic acids is 1. The maximum absolute atomic E-state index is 12.5. The predicted molar refractivity (Wildman–Crippen MR) is 79.4 cm³/mol. The Hall–Kier alpha value is -2.63. The van der Waals surface area contributed by atoms with Crippen LogP contribution in [0.2, 0.25) is 0 Å². The number of hydrogen-bond acceptors (Lipinski definition) is 4. The van der Waals surface area contributed by atoms with E-state index in [9.17, 15) is 9.59 Å². The Bertz CT molecular complexity index is 649. The molecule has 2 rings (SSSR count). The zero-order valence-electron chi connectivity index (χ0n) is 12.5. The van der Waals surface area contributed by atoms with Crippen molar-refractivity contribution in [1.82, 2.24) is 10.1 Å². The van der Waals surface area contributed by atoms with Gasteiger partial charge in [-0.05, 0) is 5.56 Å². The van der Waals surface area contributed by atoms with E-state index in [1.54, 1.807) is 6.07 Å². The summed E-state index contributed by atoms with van der Waals surface area (Å²) < 4.78 is 5.11. The number of hydrogen-bond donors (Lipinski definition) is 1. The van der Waals surface area contributed by atoms with Gasteiger partial charge in [0.25, 0.3) is 5.91 Å². The van der Waals surface area contributed by atoms with Crippen molar-refractivity contribution in [2.24, 2.45) is 0 Å². The second kappa shape index (κ2) is 6.89. The van der Waals surface area contributed by atoms with Crippen LogP contribution in [0.15, 0.2) is 40.9 Å². The summed E-state index contributed by atoms with van der Waals surface area (Å²) in [5, 5.41) is 12.8. The van der Waals surface area contributed by atoms with Crippen molar-refractivity contribution >= 4 is 11.9 Å². The van der Waals surface area contributed by atoms with Gasteiger partial charge in [-0.2, -0.15) is 0 Å². The molecule has 6 heteroatoms. The molecule has 1 amide bonds. The maximum atomic E-state index is 12.5. The van der Waals surface area contributed by atoms with E-state index in [2.05, 4.69) is 5.16 Å². The Morgan fingerprint density at radius 2 is 1.95 bits per heavy atom.